The molecule has 3 aromatic rings. The lowest BCUT2D eigenvalue weighted by Crippen LogP contribution is -2.17. The maximum atomic E-state index is 11.8. The zero-order chi connectivity index (χ0) is 19.8. The molecule has 0 bridgehead atoms. The maximum Gasteiger partial charge on any atom is 0.411 e. The zero-order valence-corrected chi connectivity index (χ0v) is 16.1. The Morgan fingerprint density at radius 1 is 1.21 bits per heavy atom. The molecular formula is C21H23N3O4. The van der Waals surface area contributed by atoms with Gasteiger partial charge in [0.25, 0.3) is 0 Å². The SMILES string of the molecule is CCn1c(-c2ccc(NC(=O)OC(C)C)cc2)c(N)c2cc3c(cc21)OCO3. The van der Waals surface area contributed by atoms with Crippen LogP contribution in [0.25, 0.3) is 22.2 Å². The number of hydrogen-bond acceptors (Lipinski definition) is 5. The summed E-state index contributed by atoms with van der Waals surface area (Å²) in [5.41, 5.74) is 10.7. The molecule has 0 radical (unpaired) electrons. The van der Waals surface area contributed by atoms with E-state index in [9.17, 15) is 4.79 Å². The van der Waals surface area contributed by atoms with E-state index in [1.165, 1.54) is 0 Å². The molecule has 1 aliphatic heterocycles. The first-order valence-electron chi connectivity index (χ1n) is 9.27. The number of aryl methyl sites for hydroxylation is 1. The molecule has 0 saturated heterocycles. The molecule has 1 aliphatic rings. The maximum absolute atomic E-state index is 11.8. The second-order valence-electron chi connectivity index (χ2n) is 6.89. The zero-order valence-electron chi connectivity index (χ0n) is 16.1. The molecule has 0 atom stereocenters. The van der Waals surface area contributed by atoms with Crippen LogP contribution in [0, 0.1) is 0 Å². The Kier molecular flexibility index (Phi) is 4.50. The first-order valence-corrected chi connectivity index (χ1v) is 9.27. The molecular weight excluding hydrogens is 358 g/mol. The van der Waals surface area contributed by atoms with Gasteiger partial charge in [0.2, 0.25) is 6.79 Å². The summed E-state index contributed by atoms with van der Waals surface area (Å²) in [7, 11) is 0. The van der Waals surface area contributed by atoms with Crippen LogP contribution in [0.3, 0.4) is 0 Å². The number of nitrogens with two attached hydrogens (primary N) is 1. The fourth-order valence-electron chi connectivity index (χ4n) is 3.48. The van der Waals surface area contributed by atoms with Crippen molar-refractivity contribution in [3.63, 3.8) is 0 Å². The van der Waals surface area contributed by atoms with Gasteiger partial charge in [-0.05, 0) is 39.0 Å². The Hall–Kier alpha value is -3.35. The van der Waals surface area contributed by atoms with Gasteiger partial charge in [0.15, 0.2) is 11.5 Å². The van der Waals surface area contributed by atoms with Crippen LogP contribution in [-0.2, 0) is 11.3 Å². The van der Waals surface area contributed by atoms with Crippen LogP contribution in [0.2, 0.25) is 0 Å². The van der Waals surface area contributed by atoms with Crippen molar-refractivity contribution in [1.29, 1.82) is 0 Å². The van der Waals surface area contributed by atoms with Crippen molar-refractivity contribution < 1.29 is 19.0 Å². The van der Waals surface area contributed by atoms with Crippen LogP contribution in [0.1, 0.15) is 20.8 Å². The number of ether oxygens (including phenoxy) is 3. The first kappa shape index (κ1) is 18.0. The van der Waals surface area contributed by atoms with Crippen molar-refractivity contribution in [3.05, 3.63) is 36.4 Å². The van der Waals surface area contributed by atoms with Crippen LogP contribution in [0.5, 0.6) is 11.5 Å². The van der Waals surface area contributed by atoms with Gasteiger partial charge >= 0.3 is 6.09 Å². The largest absolute Gasteiger partial charge is 0.454 e. The normalized spacial score (nSPS) is 12.6. The Balaban J connectivity index is 1.71. The molecule has 3 N–H and O–H groups in total. The fourth-order valence-corrected chi connectivity index (χ4v) is 3.48. The molecule has 4 rings (SSSR count). The lowest BCUT2D eigenvalue weighted by molar-refractivity contribution is 0.130. The topological polar surface area (TPSA) is 87.7 Å². The number of amides is 1. The van der Waals surface area contributed by atoms with Crippen LogP contribution >= 0.6 is 0 Å². The number of fused-ring (bicyclic) bond motifs is 2. The van der Waals surface area contributed by atoms with Crippen molar-refractivity contribution in [2.75, 3.05) is 17.8 Å². The minimum Gasteiger partial charge on any atom is -0.454 e. The van der Waals surface area contributed by atoms with Crippen molar-refractivity contribution >= 4 is 28.4 Å². The third-order valence-electron chi connectivity index (χ3n) is 4.66. The second-order valence-corrected chi connectivity index (χ2v) is 6.89. The summed E-state index contributed by atoms with van der Waals surface area (Å²) in [6, 6.07) is 11.4. The summed E-state index contributed by atoms with van der Waals surface area (Å²) >= 11 is 0. The average molecular weight is 381 g/mol. The summed E-state index contributed by atoms with van der Waals surface area (Å²) in [6.45, 7) is 6.67. The van der Waals surface area contributed by atoms with Crippen molar-refractivity contribution in [1.82, 2.24) is 4.57 Å². The van der Waals surface area contributed by atoms with E-state index in [1.54, 1.807) is 13.8 Å². The van der Waals surface area contributed by atoms with Gasteiger partial charge in [0.1, 0.15) is 0 Å². The third kappa shape index (κ3) is 3.09. The number of nitrogens with one attached hydrogen (secondary N) is 1. The Morgan fingerprint density at radius 2 is 1.89 bits per heavy atom. The highest BCUT2D eigenvalue weighted by Crippen LogP contribution is 2.43. The van der Waals surface area contributed by atoms with E-state index in [0.717, 1.165) is 34.5 Å². The van der Waals surface area contributed by atoms with E-state index in [1.807, 2.05) is 36.4 Å². The van der Waals surface area contributed by atoms with E-state index < -0.39 is 6.09 Å². The molecule has 0 fully saturated rings. The van der Waals surface area contributed by atoms with E-state index in [2.05, 4.69) is 16.8 Å². The predicted molar refractivity (Wildman–Crippen MR) is 109 cm³/mol. The Bertz CT molecular complexity index is 1040. The van der Waals surface area contributed by atoms with Gasteiger partial charge < -0.3 is 24.5 Å². The fraction of sp³-hybridized carbons (Fsp3) is 0.286. The molecule has 2 heterocycles. The molecule has 1 amide bonds. The van der Waals surface area contributed by atoms with Crippen molar-refractivity contribution in [3.8, 4) is 22.8 Å². The van der Waals surface area contributed by atoms with Gasteiger partial charge in [0.05, 0.1) is 23.0 Å². The molecule has 7 nitrogen and oxygen atoms in total. The quantitative estimate of drug-likeness (QED) is 0.690. The van der Waals surface area contributed by atoms with Gasteiger partial charge in [-0.25, -0.2) is 4.79 Å². The highest BCUT2D eigenvalue weighted by atomic mass is 16.7. The van der Waals surface area contributed by atoms with E-state index in [-0.39, 0.29) is 12.9 Å². The van der Waals surface area contributed by atoms with Gasteiger partial charge in [0, 0.05) is 29.2 Å². The Morgan fingerprint density at radius 3 is 2.54 bits per heavy atom. The average Bonchev–Trinajstić information content (AvgIpc) is 3.22. The molecule has 1 aromatic heterocycles. The minimum atomic E-state index is -0.473. The van der Waals surface area contributed by atoms with E-state index in [4.69, 9.17) is 19.9 Å². The van der Waals surface area contributed by atoms with Crippen molar-refractivity contribution in [2.45, 2.75) is 33.4 Å². The molecule has 0 saturated carbocycles. The number of carbonyl (C=O) groups excluding carboxylic acids is 1. The highest BCUT2D eigenvalue weighted by molar-refractivity contribution is 6.02. The lowest BCUT2D eigenvalue weighted by atomic mass is 10.1. The third-order valence-corrected chi connectivity index (χ3v) is 4.66. The van der Waals surface area contributed by atoms with Crippen LogP contribution in [0.4, 0.5) is 16.2 Å². The number of nitrogens with zero attached hydrogens (tertiary/aromatic N) is 1. The van der Waals surface area contributed by atoms with Gasteiger partial charge in [-0.3, -0.25) is 5.32 Å². The van der Waals surface area contributed by atoms with Crippen LogP contribution in [0.15, 0.2) is 36.4 Å². The molecule has 0 unspecified atom stereocenters. The second kappa shape index (κ2) is 6.99. The standard InChI is InChI=1S/C21H23N3O4/c1-4-24-16-10-18-17(26-11-27-18)9-15(16)19(22)20(24)13-5-7-14(8-6-13)23-21(25)28-12(2)3/h5-10,12H,4,11,22H2,1-3H3,(H,23,25). The predicted octanol–water partition coefficient (Wildman–Crippen LogP) is 4.60. The van der Waals surface area contributed by atoms with Crippen molar-refractivity contribution in [2.24, 2.45) is 0 Å². The van der Waals surface area contributed by atoms with E-state index in [0.29, 0.717) is 17.1 Å². The number of rotatable bonds is 4. The van der Waals surface area contributed by atoms with Crippen LogP contribution < -0.4 is 20.5 Å². The number of aromatic nitrogens is 1. The summed E-state index contributed by atoms with van der Waals surface area (Å²) in [4.78, 5) is 11.8. The summed E-state index contributed by atoms with van der Waals surface area (Å²) in [5.74, 6) is 1.44. The minimum absolute atomic E-state index is 0.172. The number of anilines is 2. The summed E-state index contributed by atoms with van der Waals surface area (Å²) < 4.78 is 18.3. The summed E-state index contributed by atoms with van der Waals surface area (Å²) in [5, 5.41) is 3.65. The van der Waals surface area contributed by atoms with Gasteiger partial charge in [-0.1, -0.05) is 12.1 Å². The molecule has 28 heavy (non-hydrogen) atoms. The first-order chi connectivity index (χ1) is 13.5. The highest BCUT2D eigenvalue weighted by Gasteiger charge is 2.21. The lowest BCUT2D eigenvalue weighted by Gasteiger charge is -2.12. The molecule has 146 valence electrons. The van der Waals surface area contributed by atoms with Gasteiger partial charge in [-0.2, -0.15) is 0 Å². The number of benzene rings is 2. The van der Waals surface area contributed by atoms with Gasteiger partial charge in [-0.15, -0.1) is 0 Å². The van der Waals surface area contributed by atoms with Crippen LogP contribution in [-0.4, -0.2) is 23.6 Å². The molecule has 0 spiro atoms. The number of hydrogen-bond donors (Lipinski definition) is 2. The summed E-state index contributed by atoms with van der Waals surface area (Å²) in [6.07, 6.45) is -0.645. The molecule has 2 aromatic carbocycles. The number of nitrogen functional groups attached to an aromatic ring is 1. The molecule has 7 heteroatoms. The smallest absolute Gasteiger partial charge is 0.411 e. The Labute approximate surface area is 163 Å². The number of carbonyl (C=O) groups is 1. The molecule has 0 aliphatic carbocycles. The monoisotopic (exact) mass is 381 g/mol. The van der Waals surface area contributed by atoms with E-state index >= 15 is 0 Å².